The number of hydrogen-bond acceptors (Lipinski definition) is 6. The van der Waals surface area contributed by atoms with Crippen molar-refractivity contribution < 1.29 is 9.90 Å². The van der Waals surface area contributed by atoms with Crippen LogP contribution in [0.1, 0.15) is 42.5 Å². The highest BCUT2D eigenvalue weighted by Crippen LogP contribution is 2.39. The van der Waals surface area contributed by atoms with Crippen LogP contribution in [0.3, 0.4) is 0 Å². The molecule has 3 N–H and O–H groups in total. The normalized spacial score (nSPS) is 16.7. The van der Waals surface area contributed by atoms with E-state index in [-0.39, 0.29) is 11.7 Å². The van der Waals surface area contributed by atoms with Crippen LogP contribution in [0.2, 0.25) is 0 Å². The lowest BCUT2D eigenvalue weighted by Gasteiger charge is -2.08. The Morgan fingerprint density at radius 1 is 1.15 bits per heavy atom. The molecule has 0 aliphatic carbocycles. The van der Waals surface area contributed by atoms with Gasteiger partial charge in [-0.05, 0) is 37.9 Å². The summed E-state index contributed by atoms with van der Waals surface area (Å²) in [6.07, 6.45) is 6.76. The second-order valence-electron chi connectivity index (χ2n) is 6.31. The fraction of sp³-hybridized carbons (Fsp3) is 0.632. The Hall–Kier alpha value is -0.500. The van der Waals surface area contributed by atoms with E-state index in [2.05, 4.69) is 21.4 Å². The minimum Gasteiger partial charge on any atom is -0.507 e. The second kappa shape index (κ2) is 13.6. The highest BCUT2D eigenvalue weighted by atomic mass is 33.1. The molecule has 7 heteroatoms. The van der Waals surface area contributed by atoms with Gasteiger partial charge in [0.25, 0.3) is 5.91 Å². The monoisotopic (exact) mass is 414 g/mol. The summed E-state index contributed by atoms with van der Waals surface area (Å²) in [6.45, 7) is 2.75. The zero-order valence-electron chi connectivity index (χ0n) is 15.2. The van der Waals surface area contributed by atoms with E-state index in [4.69, 9.17) is 0 Å². The Morgan fingerprint density at radius 3 is 2.81 bits per heavy atom. The van der Waals surface area contributed by atoms with Crippen molar-refractivity contribution in [1.82, 2.24) is 10.6 Å². The van der Waals surface area contributed by atoms with Gasteiger partial charge in [0.1, 0.15) is 5.75 Å². The predicted octanol–water partition coefficient (Wildman–Crippen LogP) is 4.16. The summed E-state index contributed by atoms with van der Waals surface area (Å²) in [6, 6.07) is 6.63. The first kappa shape index (κ1) is 21.8. The Labute approximate surface area is 169 Å². The topological polar surface area (TPSA) is 61.4 Å². The van der Waals surface area contributed by atoms with Crippen molar-refractivity contribution in [2.45, 2.75) is 37.4 Å². The van der Waals surface area contributed by atoms with Gasteiger partial charge in [-0.1, -0.05) is 46.6 Å². The van der Waals surface area contributed by atoms with Crippen molar-refractivity contribution in [2.75, 3.05) is 36.9 Å². The SMILES string of the molecule is O=C(NCCSCCNCCCCCC1CCSS1)c1ccccc1O. The third-order valence-electron chi connectivity index (χ3n) is 4.21. The van der Waals surface area contributed by atoms with Crippen LogP contribution in [0.5, 0.6) is 5.75 Å². The second-order valence-corrected chi connectivity index (χ2v) is 10.3. The first-order chi connectivity index (χ1) is 12.8. The number of carbonyl (C=O) groups excluding carboxylic acids is 1. The number of phenols is 1. The van der Waals surface area contributed by atoms with Gasteiger partial charge in [0.15, 0.2) is 0 Å². The maximum absolute atomic E-state index is 11.9. The Kier molecular flexibility index (Phi) is 11.4. The zero-order valence-corrected chi connectivity index (χ0v) is 17.7. The van der Waals surface area contributed by atoms with Crippen molar-refractivity contribution in [3.63, 3.8) is 0 Å². The summed E-state index contributed by atoms with van der Waals surface area (Å²) >= 11 is 1.83. The van der Waals surface area contributed by atoms with E-state index >= 15 is 0 Å². The third kappa shape index (κ3) is 8.93. The molecule has 26 heavy (non-hydrogen) atoms. The van der Waals surface area contributed by atoms with Crippen molar-refractivity contribution in [3.05, 3.63) is 29.8 Å². The molecule has 1 saturated heterocycles. The molecule has 1 unspecified atom stereocenters. The number of aromatic hydroxyl groups is 1. The maximum Gasteiger partial charge on any atom is 0.255 e. The van der Waals surface area contributed by atoms with Crippen LogP contribution in [0.4, 0.5) is 0 Å². The number of benzene rings is 1. The van der Waals surface area contributed by atoms with Crippen molar-refractivity contribution in [2.24, 2.45) is 0 Å². The van der Waals surface area contributed by atoms with Gasteiger partial charge in [0.2, 0.25) is 0 Å². The Morgan fingerprint density at radius 2 is 2.00 bits per heavy atom. The van der Waals surface area contributed by atoms with Crippen LogP contribution in [0.15, 0.2) is 24.3 Å². The molecule has 1 aromatic rings. The number of para-hydroxylation sites is 1. The first-order valence-electron chi connectivity index (χ1n) is 9.40. The lowest BCUT2D eigenvalue weighted by atomic mass is 10.1. The van der Waals surface area contributed by atoms with Crippen LogP contribution in [0.25, 0.3) is 0 Å². The van der Waals surface area contributed by atoms with Crippen molar-refractivity contribution in [3.8, 4) is 5.75 Å². The average Bonchev–Trinajstić information content (AvgIpc) is 3.16. The smallest absolute Gasteiger partial charge is 0.255 e. The number of thioether (sulfide) groups is 1. The van der Waals surface area contributed by atoms with E-state index in [9.17, 15) is 9.90 Å². The molecule has 1 amide bonds. The van der Waals surface area contributed by atoms with Gasteiger partial charge in [-0.3, -0.25) is 4.79 Å². The van der Waals surface area contributed by atoms with E-state index in [0.29, 0.717) is 12.1 Å². The van der Waals surface area contributed by atoms with Gasteiger partial charge in [-0.25, -0.2) is 0 Å². The molecule has 1 aliphatic heterocycles. The minimum absolute atomic E-state index is 0.0303. The number of rotatable bonds is 13. The standard InChI is InChI=1S/C19H30N2O2S3/c22-18-8-4-3-7-17(18)19(23)21-12-15-24-14-11-20-10-5-1-2-6-16-9-13-25-26-16/h3-4,7-8,16,20,22H,1-2,5-6,9-15H2,(H,21,23). The summed E-state index contributed by atoms with van der Waals surface area (Å²) in [5.41, 5.74) is 0.337. The Bertz CT molecular complexity index is 525. The van der Waals surface area contributed by atoms with Gasteiger partial charge in [-0.15, -0.1) is 0 Å². The minimum atomic E-state index is -0.212. The number of unbranched alkanes of at least 4 members (excludes halogenated alkanes) is 2. The van der Waals surface area contributed by atoms with Gasteiger partial charge in [0.05, 0.1) is 5.56 Å². The zero-order chi connectivity index (χ0) is 18.5. The summed E-state index contributed by atoms with van der Waals surface area (Å²) in [5.74, 6) is 3.10. The average molecular weight is 415 g/mol. The number of carbonyl (C=O) groups is 1. The predicted molar refractivity (Wildman–Crippen MR) is 118 cm³/mol. The number of amides is 1. The molecule has 0 spiro atoms. The number of phenolic OH excluding ortho intramolecular Hbond substituents is 1. The molecule has 1 heterocycles. The summed E-state index contributed by atoms with van der Waals surface area (Å²) in [5, 5.41) is 16.9. The molecule has 0 saturated carbocycles. The summed E-state index contributed by atoms with van der Waals surface area (Å²) < 4.78 is 0. The molecule has 0 radical (unpaired) electrons. The molecule has 0 aromatic heterocycles. The van der Waals surface area contributed by atoms with E-state index in [0.717, 1.165) is 29.8 Å². The molecule has 146 valence electrons. The lowest BCUT2D eigenvalue weighted by Crippen LogP contribution is -2.26. The van der Waals surface area contributed by atoms with Gasteiger partial charge in [0, 0.05) is 35.6 Å². The number of hydrogen-bond donors (Lipinski definition) is 3. The Balaban J connectivity index is 1.35. The van der Waals surface area contributed by atoms with E-state index in [1.54, 1.807) is 18.2 Å². The fourth-order valence-electron chi connectivity index (χ4n) is 2.73. The molecule has 1 fully saturated rings. The molecule has 2 rings (SSSR count). The van der Waals surface area contributed by atoms with Crippen LogP contribution in [0, 0.1) is 0 Å². The molecule has 1 aromatic carbocycles. The summed E-state index contributed by atoms with van der Waals surface area (Å²) in [4.78, 5) is 11.9. The quantitative estimate of drug-likeness (QED) is 0.333. The lowest BCUT2D eigenvalue weighted by molar-refractivity contribution is 0.0953. The van der Waals surface area contributed by atoms with E-state index in [1.165, 1.54) is 43.9 Å². The van der Waals surface area contributed by atoms with Gasteiger partial charge in [-0.2, -0.15) is 11.8 Å². The van der Waals surface area contributed by atoms with Crippen molar-refractivity contribution in [1.29, 1.82) is 0 Å². The molecule has 1 aliphatic rings. The number of nitrogens with one attached hydrogen (secondary N) is 2. The molecular weight excluding hydrogens is 384 g/mol. The van der Waals surface area contributed by atoms with Crippen molar-refractivity contribution >= 4 is 39.3 Å². The highest BCUT2D eigenvalue weighted by molar-refractivity contribution is 8.77. The van der Waals surface area contributed by atoms with Crippen LogP contribution in [-0.4, -0.2) is 53.2 Å². The molecule has 4 nitrogen and oxygen atoms in total. The van der Waals surface area contributed by atoms with E-state index in [1.807, 2.05) is 22.6 Å². The maximum atomic E-state index is 11.9. The molecule has 0 bridgehead atoms. The fourth-order valence-corrected chi connectivity index (χ4v) is 6.50. The first-order valence-corrected chi connectivity index (χ1v) is 12.9. The van der Waals surface area contributed by atoms with Crippen LogP contribution >= 0.6 is 33.3 Å². The van der Waals surface area contributed by atoms with Crippen LogP contribution in [-0.2, 0) is 0 Å². The van der Waals surface area contributed by atoms with Crippen LogP contribution < -0.4 is 10.6 Å². The molecule has 1 atom stereocenters. The van der Waals surface area contributed by atoms with E-state index < -0.39 is 0 Å². The van der Waals surface area contributed by atoms with Gasteiger partial charge >= 0.3 is 0 Å². The van der Waals surface area contributed by atoms with Gasteiger partial charge < -0.3 is 15.7 Å². The molecular formula is C19H30N2O2S3. The highest BCUT2D eigenvalue weighted by Gasteiger charge is 2.15. The summed E-state index contributed by atoms with van der Waals surface area (Å²) in [7, 11) is 4.12. The largest absolute Gasteiger partial charge is 0.507 e. The third-order valence-corrected chi connectivity index (χ3v) is 8.20.